The molecule has 1 rings (SSSR count). The van der Waals surface area contributed by atoms with Gasteiger partial charge in [-0.25, -0.2) is 4.79 Å². The van der Waals surface area contributed by atoms with E-state index in [9.17, 15) is 4.79 Å². The van der Waals surface area contributed by atoms with Gasteiger partial charge in [0, 0.05) is 13.7 Å². The van der Waals surface area contributed by atoms with E-state index in [4.69, 9.17) is 15.2 Å². The summed E-state index contributed by atoms with van der Waals surface area (Å²) < 4.78 is 10.0. The van der Waals surface area contributed by atoms with E-state index in [-0.39, 0.29) is 12.1 Å². The van der Waals surface area contributed by atoms with Gasteiger partial charge in [0.2, 0.25) is 0 Å². The van der Waals surface area contributed by atoms with Gasteiger partial charge < -0.3 is 20.5 Å². The normalized spacial score (nSPS) is 10.4. The fraction of sp³-hybridized carbons (Fsp3) is 0.462. The lowest BCUT2D eigenvalue weighted by Gasteiger charge is -2.11. The maximum absolute atomic E-state index is 11.7. The first-order valence-corrected chi connectivity index (χ1v) is 5.88. The molecule has 0 amide bonds. The zero-order valence-electron chi connectivity index (χ0n) is 11.0. The van der Waals surface area contributed by atoms with Gasteiger partial charge in [-0.3, -0.25) is 0 Å². The number of ether oxygens (including phenoxy) is 2. The maximum Gasteiger partial charge on any atom is 0.338 e. The second-order valence-electron chi connectivity index (χ2n) is 4.18. The number of carbonyl (C=O) groups excluding carboxylic acids is 1. The van der Waals surface area contributed by atoms with E-state index in [1.165, 1.54) is 0 Å². The van der Waals surface area contributed by atoms with E-state index in [2.05, 4.69) is 5.32 Å². The summed E-state index contributed by atoms with van der Waals surface area (Å²) in [7, 11) is 1.63. The Bertz CT molecular complexity index is 405. The van der Waals surface area contributed by atoms with Crippen LogP contribution in [0.25, 0.3) is 0 Å². The number of rotatable bonds is 6. The summed E-state index contributed by atoms with van der Waals surface area (Å²) in [5, 5.41) is 3.12. The van der Waals surface area contributed by atoms with Crippen LogP contribution in [0.3, 0.4) is 0 Å². The first kappa shape index (κ1) is 14.3. The number of esters is 1. The Morgan fingerprint density at radius 1 is 1.44 bits per heavy atom. The zero-order valence-corrected chi connectivity index (χ0v) is 11.0. The van der Waals surface area contributed by atoms with Crippen molar-refractivity contribution in [2.45, 2.75) is 20.0 Å². The van der Waals surface area contributed by atoms with Crippen LogP contribution in [0.4, 0.5) is 11.4 Å². The number of anilines is 2. The predicted molar refractivity (Wildman–Crippen MR) is 71.8 cm³/mol. The van der Waals surface area contributed by atoms with Crippen LogP contribution in [0.5, 0.6) is 0 Å². The number of nitrogen functional groups attached to an aromatic ring is 1. The molecule has 0 saturated heterocycles. The molecule has 0 bridgehead atoms. The lowest BCUT2D eigenvalue weighted by molar-refractivity contribution is 0.0378. The van der Waals surface area contributed by atoms with Crippen LogP contribution in [0, 0.1) is 0 Å². The molecule has 5 nitrogen and oxygen atoms in total. The van der Waals surface area contributed by atoms with Crippen LogP contribution < -0.4 is 11.1 Å². The van der Waals surface area contributed by atoms with Crippen molar-refractivity contribution < 1.29 is 14.3 Å². The van der Waals surface area contributed by atoms with Crippen LogP contribution in [0.2, 0.25) is 0 Å². The number of hydrogen-bond donors (Lipinski definition) is 2. The summed E-state index contributed by atoms with van der Waals surface area (Å²) in [5.41, 5.74) is 7.62. The fourth-order valence-corrected chi connectivity index (χ4v) is 1.42. The molecular weight excluding hydrogens is 232 g/mol. The molecule has 3 N–H and O–H groups in total. The highest BCUT2D eigenvalue weighted by Gasteiger charge is 2.10. The zero-order chi connectivity index (χ0) is 13.5. The Morgan fingerprint density at radius 3 is 2.72 bits per heavy atom. The molecule has 0 radical (unpaired) electrons. The average molecular weight is 252 g/mol. The van der Waals surface area contributed by atoms with Gasteiger partial charge in [-0.05, 0) is 32.0 Å². The average Bonchev–Trinajstić information content (AvgIpc) is 2.30. The van der Waals surface area contributed by atoms with E-state index < -0.39 is 0 Å². The Morgan fingerprint density at radius 2 is 2.17 bits per heavy atom. The molecule has 5 heteroatoms. The van der Waals surface area contributed by atoms with Gasteiger partial charge in [0.25, 0.3) is 0 Å². The molecule has 18 heavy (non-hydrogen) atoms. The van der Waals surface area contributed by atoms with Gasteiger partial charge in [-0.2, -0.15) is 0 Å². The van der Waals surface area contributed by atoms with E-state index in [1.54, 1.807) is 25.3 Å². The number of carbonyl (C=O) groups is 1. The van der Waals surface area contributed by atoms with Gasteiger partial charge in [-0.15, -0.1) is 0 Å². The molecule has 100 valence electrons. The van der Waals surface area contributed by atoms with Crippen molar-refractivity contribution in [3.63, 3.8) is 0 Å². The number of nitrogens with one attached hydrogen (secondary N) is 1. The minimum Gasteiger partial charge on any atom is -0.459 e. The largest absolute Gasteiger partial charge is 0.459 e. The van der Waals surface area contributed by atoms with E-state index in [0.29, 0.717) is 24.4 Å². The Hall–Kier alpha value is -1.75. The second-order valence-corrected chi connectivity index (χ2v) is 4.18. The number of methoxy groups -OCH3 is 1. The second kappa shape index (κ2) is 6.86. The summed E-state index contributed by atoms with van der Waals surface area (Å²) in [5.74, 6) is -0.361. The summed E-state index contributed by atoms with van der Waals surface area (Å²) >= 11 is 0. The fourth-order valence-electron chi connectivity index (χ4n) is 1.42. The van der Waals surface area contributed by atoms with Crippen molar-refractivity contribution >= 4 is 17.3 Å². The third-order valence-electron chi connectivity index (χ3n) is 2.25. The van der Waals surface area contributed by atoms with E-state index in [0.717, 1.165) is 5.69 Å². The predicted octanol–water partition coefficient (Wildman–Crippen LogP) is 1.89. The van der Waals surface area contributed by atoms with Gasteiger partial charge in [0.1, 0.15) is 0 Å². The molecule has 0 aromatic heterocycles. The number of benzene rings is 1. The highest BCUT2D eigenvalue weighted by atomic mass is 16.5. The molecule has 0 saturated carbocycles. The van der Waals surface area contributed by atoms with Crippen molar-refractivity contribution in [3.8, 4) is 0 Å². The third kappa shape index (κ3) is 4.25. The number of nitrogens with two attached hydrogens (primary N) is 1. The quantitative estimate of drug-likeness (QED) is 0.459. The molecule has 0 spiro atoms. The Kier molecular flexibility index (Phi) is 5.45. The first-order valence-electron chi connectivity index (χ1n) is 5.88. The van der Waals surface area contributed by atoms with Crippen molar-refractivity contribution in [1.82, 2.24) is 0 Å². The smallest absolute Gasteiger partial charge is 0.338 e. The molecule has 0 heterocycles. The molecule has 0 atom stereocenters. The standard InChI is InChI=1S/C13H20N2O3/c1-9(2)18-13(16)10-4-5-12(11(14)8-10)15-6-7-17-3/h4-5,8-9,15H,6-7,14H2,1-3H3. The van der Waals surface area contributed by atoms with Crippen molar-refractivity contribution in [2.24, 2.45) is 0 Å². The van der Waals surface area contributed by atoms with Crippen LogP contribution >= 0.6 is 0 Å². The van der Waals surface area contributed by atoms with Crippen LogP contribution in [0.1, 0.15) is 24.2 Å². The van der Waals surface area contributed by atoms with Crippen molar-refractivity contribution in [1.29, 1.82) is 0 Å². The Labute approximate surface area is 107 Å². The lowest BCUT2D eigenvalue weighted by atomic mass is 10.1. The molecule has 0 aliphatic heterocycles. The van der Waals surface area contributed by atoms with Crippen molar-refractivity contribution in [3.05, 3.63) is 23.8 Å². The summed E-state index contributed by atoms with van der Waals surface area (Å²) in [6.07, 6.45) is -0.141. The summed E-state index contributed by atoms with van der Waals surface area (Å²) in [6.45, 7) is 4.87. The first-order chi connectivity index (χ1) is 8.54. The third-order valence-corrected chi connectivity index (χ3v) is 2.25. The Balaban J connectivity index is 2.69. The minimum atomic E-state index is -0.361. The lowest BCUT2D eigenvalue weighted by Crippen LogP contribution is -2.13. The SMILES string of the molecule is COCCNc1ccc(C(=O)OC(C)C)cc1N. The van der Waals surface area contributed by atoms with Gasteiger partial charge in [-0.1, -0.05) is 0 Å². The van der Waals surface area contributed by atoms with E-state index in [1.807, 2.05) is 13.8 Å². The van der Waals surface area contributed by atoms with Crippen LogP contribution in [-0.2, 0) is 9.47 Å². The van der Waals surface area contributed by atoms with Gasteiger partial charge >= 0.3 is 5.97 Å². The molecule has 0 unspecified atom stereocenters. The van der Waals surface area contributed by atoms with E-state index >= 15 is 0 Å². The van der Waals surface area contributed by atoms with Crippen molar-refractivity contribution in [2.75, 3.05) is 31.3 Å². The highest BCUT2D eigenvalue weighted by Crippen LogP contribution is 2.20. The van der Waals surface area contributed by atoms with Crippen LogP contribution in [0.15, 0.2) is 18.2 Å². The maximum atomic E-state index is 11.7. The molecular formula is C13H20N2O3. The summed E-state index contributed by atoms with van der Waals surface area (Å²) in [6, 6.07) is 5.07. The topological polar surface area (TPSA) is 73.6 Å². The molecule has 1 aromatic carbocycles. The van der Waals surface area contributed by atoms with Gasteiger partial charge in [0.15, 0.2) is 0 Å². The minimum absolute atomic E-state index is 0.141. The summed E-state index contributed by atoms with van der Waals surface area (Å²) in [4.78, 5) is 11.7. The molecule has 0 aliphatic carbocycles. The highest BCUT2D eigenvalue weighted by molar-refractivity contribution is 5.92. The monoisotopic (exact) mass is 252 g/mol. The number of hydrogen-bond acceptors (Lipinski definition) is 5. The van der Waals surface area contributed by atoms with Gasteiger partial charge in [0.05, 0.1) is 29.6 Å². The molecule has 1 aromatic rings. The van der Waals surface area contributed by atoms with Crippen LogP contribution in [-0.4, -0.2) is 32.3 Å². The molecule has 0 aliphatic rings. The molecule has 0 fully saturated rings.